The third kappa shape index (κ3) is 6.49. The van der Waals surface area contributed by atoms with Gasteiger partial charge in [0.25, 0.3) is 11.6 Å². The summed E-state index contributed by atoms with van der Waals surface area (Å²) in [6, 6.07) is 17.3. The molecule has 1 heterocycles. The molecule has 0 aliphatic carbocycles. The van der Waals surface area contributed by atoms with Crippen LogP contribution in [0.1, 0.15) is 39.7 Å². The highest BCUT2D eigenvalue weighted by Crippen LogP contribution is 2.20. The molecule has 0 aliphatic rings. The van der Waals surface area contributed by atoms with Crippen LogP contribution in [0.2, 0.25) is 0 Å². The lowest BCUT2D eigenvalue weighted by Gasteiger charge is -2.28. The van der Waals surface area contributed by atoms with Crippen molar-refractivity contribution >= 4 is 28.8 Å². The first-order chi connectivity index (χ1) is 15.9. The van der Waals surface area contributed by atoms with Gasteiger partial charge in [-0.05, 0) is 48.1 Å². The number of amides is 2. The second-order valence-corrected chi connectivity index (χ2v) is 8.79. The minimum absolute atomic E-state index is 0.0546. The number of benzene rings is 2. The summed E-state index contributed by atoms with van der Waals surface area (Å²) in [5.74, 6) is -0.456. The summed E-state index contributed by atoms with van der Waals surface area (Å²) < 4.78 is 0. The summed E-state index contributed by atoms with van der Waals surface area (Å²) in [7, 11) is 0. The number of aryl methyl sites for hydroxylation is 1. The lowest BCUT2D eigenvalue weighted by Crippen LogP contribution is -2.42. The summed E-state index contributed by atoms with van der Waals surface area (Å²) in [6.45, 7) is 5.25. The summed E-state index contributed by atoms with van der Waals surface area (Å²) in [5.41, 5.74) is 2.40. The Hall–Kier alpha value is -3.52. The van der Waals surface area contributed by atoms with Crippen LogP contribution in [0.5, 0.6) is 0 Å². The number of carbonyl (C=O) groups excluding carboxylic acids is 2. The minimum atomic E-state index is -0.504. The average molecular weight is 466 g/mol. The molecular weight excluding hydrogens is 438 g/mol. The van der Waals surface area contributed by atoms with Gasteiger partial charge in [-0.1, -0.05) is 37.3 Å². The van der Waals surface area contributed by atoms with Gasteiger partial charge in [0.05, 0.1) is 11.5 Å². The normalized spacial score (nSPS) is 10.6. The Morgan fingerprint density at radius 2 is 1.67 bits per heavy atom. The molecule has 0 radical (unpaired) electrons. The van der Waals surface area contributed by atoms with Crippen molar-refractivity contribution in [3.05, 3.63) is 97.7 Å². The number of nitro groups is 1. The van der Waals surface area contributed by atoms with E-state index in [1.165, 1.54) is 29.2 Å². The number of nitrogens with zero attached hydrogens (tertiary/aromatic N) is 3. The summed E-state index contributed by atoms with van der Waals surface area (Å²) >= 11 is 1.61. The Kier molecular flexibility index (Phi) is 8.32. The maximum Gasteiger partial charge on any atom is 0.269 e. The monoisotopic (exact) mass is 465 g/mol. The number of non-ortho nitro benzene ring substituents is 1. The highest BCUT2D eigenvalue weighted by Gasteiger charge is 2.23. The zero-order chi connectivity index (χ0) is 23.8. The third-order valence-electron chi connectivity index (χ3n) is 5.30. The number of hydrogen-bond donors (Lipinski definition) is 0. The minimum Gasteiger partial charge on any atom is -0.332 e. The summed E-state index contributed by atoms with van der Waals surface area (Å²) in [4.78, 5) is 41.3. The Morgan fingerprint density at radius 3 is 2.24 bits per heavy atom. The third-order valence-corrected chi connectivity index (χ3v) is 6.31. The first-order valence-corrected chi connectivity index (χ1v) is 11.7. The zero-order valence-corrected chi connectivity index (χ0v) is 19.6. The van der Waals surface area contributed by atoms with Gasteiger partial charge in [-0.25, -0.2) is 0 Å². The molecule has 0 bridgehead atoms. The Balaban J connectivity index is 1.79. The molecule has 0 aliphatic heterocycles. The Bertz CT molecular complexity index is 1100. The Labute approximate surface area is 197 Å². The van der Waals surface area contributed by atoms with Crippen LogP contribution >= 0.6 is 11.3 Å². The van der Waals surface area contributed by atoms with Crippen LogP contribution in [0.3, 0.4) is 0 Å². The van der Waals surface area contributed by atoms with Crippen molar-refractivity contribution in [3.63, 3.8) is 0 Å². The van der Waals surface area contributed by atoms with Crippen molar-refractivity contribution in [2.45, 2.75) is 33.4 Å². The molecule has 2 aromatic carbocycles. The van der Waals surface area contributed by atoms with Crippen LogP contribution in [0, 0.1) is 17.0 Å². The van der Waals surface area contributed by atoms with E-state index in [2.05, 4.69) is 0 Å². The number of hydrogen-bond acceptors (Lipinski definition) is 5. The number of nitro benzene ring substituents is 1. The standard InChI is InChI=1S/C25H27N3O4S/c1-3-14-26(25(30)21-9-11-22(12-10-21)28(31)32)18-24(29)27(16-20-7-5-4-6-8-20)17-23-19(2)13-15-33-23/h4-13,15H,3,14,16-18H2,1-2H3. The van der Waals surface area contributed by atoms with Gasteiger partial charge >= 0.3 is 0 Å². The molecule has 3 aromatic rings. The molecule has 0 spiro atoms. The highest BCUT2D eigenvalue weighted by molar-refractivity contribution is 7.10. The maximum absolute atomic E-state index is 13.4. The average Bonchev–Trinajstić information content (AvgIpc) is 3.22. The van der Waals surface area contributed by atoms with Crippen molar-refractivity contribution in [1.82, 2.24) is 9.80 Å². The molecule has 0 saturated carbocycles. The van der Waals surface area contributed by atoms with Crippen LogP contribution in [0.15, 0.2) is 66.0 Å². The van der Waals surface area contributed by atoms with Crippen LogP contribution in [0.4, 0.5) is 5.69 Å². The van der Waals surface area contributed by atoms with Gasteiger partial charge in [-0.15, -0.1) is 11.3 Å². The molecule has 1 aromatic heterocycles. The molecule has 172 valence electrons. The molecule has 2 amide bonds. The van der Waals surface area contributed by atoms with Gasteiger partial charge in [-0.3, -0.25) is 19.7 Å². The first kappa shape index (κ1) is 24.1. The van der Waals surface area contributed by atoms with Gasteiger partial charge in [-0.2, -0.15) is 0 Å². The molecule has 0 fully saturated rings. The van der Waals surface area contributed by atoms with E-state index in [1.807, 2.05) is 55.6 Å². The van der Waals surface area contributed by atoms with E-state index in [0.717, 1.165) is 16.0 Å². The quantitative estimate of drug-likeness (QED) is 0.310. The van der Waals surface area contributed by atoms with Gasteiger partial charge in [0.1, 0.15) is 6.54 Å². The van der Waals surface area contributed by atoms with E-state index in [0.29, 0.717) is 31.6 Å². The summed E-state index contributed by atoms with van der Waals surface area (Å²) in [6.07, 6.45) is 0.689. The SMILES string of the molecule is CCCN(CC(=O)N(Cc1ccccc1)Cc1sccc1C)C(=O)c1ccc([N+](=O)[O-])cc1. The van der Waals surface area contributed by atoms with Crippen LogP contribution < -0.4 is 0 Å². The van der Waals surface area contributed by atoms with Crippen LogP contribution in [-0.2, 0) is 17.9 Å². The smallest absolute Gasteiger partial charge is 0.269 e. The predicted octanol–water partition coefficient (Wildman–Crippen LogP) is 5.05. The first-order valence-electron chi connectivity index (χ1n) is 10.8. The van der Waals surface area contributed by atoms with Gasteiger partial charge in [0.15, 0.2) is 0 Å². The van der Waals surface area contributed by atoms with Crippen molar-refractivity contribution < 1.29 is 14.5 Å². The molecule has 3 rings (SSSR count). The fourth-order valence-electron chi connectivity index (χ4n) is 3.47. The molecule has 0 saturated heterocycles. The lowest BCUT2D eigenvalue weighted by molar-refractivity contribution is -0.384. The Morgan fingerprint density at radius 1 is 0.970 bits per heavy atom. The van der Waals surface area contributed by atoms with E-state index in [-0.39, 0.29) is 24.0 Å². The molecular formula is C25H27N3O4S. The maximum atomic E-state index is 13.4. The number of carbonyl (C=O) groups is 2. The van der Waals surface area contributed by atoms with E-state index in [1.54, 1.807) is 16.2 Å². The largest absolute Gasteiger partial charge is 0.332 e. The van der Waals surface area contributed by atoms with Gasteiger partial charge in [0, 0.05) is 35.7 Å². The van der Waals surface area contributed by atoms with Gasteiger partial charge < -0.3 is 9.80 Å². The second-order valence-electron chi connectivity index (χ2n) is 7.79. The topological polar surface area (TPSA) is 83.8 Å². The lowest BCUT2D eigenvalue weighted by atomic mass is 10.1. The van der Waals surface area contributed by atoms with E-state index < -0.39 is 4.92 Å². The molecule has 7 nitrogen and oxygen atoms in total. The number of rotatable bonds is 10. The molecule has 33 heavy (non-hydrogen) atoms. The molecule has 0 N–H and O–H groups in total. The van der Waals surface area contributed by atoms with Crippen LogP contribution in [-0.4, -0.2) is 39.6 Å². The number of thiophene rings is 1. The molecule has 0 unspecified atom stereocenters. The van der Waals surface area contributed by atoms with Crippen molar-refractivity contribution in [1.29, 1.82) is 0 Å². The molecule has 8 heteroatoms. The van der Waals surface area contributed by atoms with E-state index in [4.69, 9.17) is 0 Å². The second kappa shape index (κ2) is 11.4. The van der Waals surface area contributed by atoms with Crippen LogP contribution in [0.25, 0.3) is 0 Å². The zero-order valence-electron chi connectivity index (χ0n) is 18.8. The fraction of sp³-hybridized carbons (Fsp3) is 0.280. The van der Waals surface area contributed by atoms with Gasteiger partial charge in [0.2, 0.25) is 5.91 Å². The van der Waals surface area contributed by atoms with Crippen molar-refractivity contribution in [2.75, 3.05) is 13.1 Å². The summed E-state index contributed by atoms with van der Waals surface area (Å²) in [5, 5.41) is 12.9. The van der Waals surface area contributed by atoms with E-state index >= 15 is 0 Å². The van der Waals surface area contributed by atoms with Crippen molar-refractivity contribution in [2.24, 2.45) is 0 Å². The van der Waals surface area contributed by atoms with Crippen molar-refractivity contribution in [3.8, 4) is 0 Å². The predicted molar refractivity (Wildman–Crippen MR) is 129 cm³/mol. The molecule has 0 atom stereocenters. The fourth-order valence-corrected chi connectivity index (χ4v) is 4.39. The van der Waals surface area contributed by atoms with E-state index in [9.17, 15) is 19.7 Å². The highest BCUT2D eigenvalue weighted by atomic mass is 32.1.